The first-order valence-corrected chi connectivity index (χ1v) is 7.08. The molecule has 0 fully saturated rings. The zero-order chi connectivity index (χ0) is 12.2. The molecule has 3 aromatic rings. The summed E-state index contributed by atoms with van der Waals surface area (Å²) in [6.07, 6.45) is 0. The summed E-state index contributed by atoms with van der Waals surface area (Å²) in [6, 6.07) is 7.73. The van der Waals surface area contributed by atoms with Gasteiger partial charge in [0.1, 0.15) is 5.58 Å². The van der Waals surface area contributed by atoms with Gasteiger partial charge in [0.25, 0.3) is 0 Å². The van der Waals surface area contributed by atoms with Gasteiger partial charge in [-0.05, 0) is 37.9 Å². The minimum absolute atomic E-state index is 0.484. The van der Waals surface area contributed by atoms with Crippen LogP contribution in [0.5, 0.6) is 0 Å². The molecule has 0 unspecified atom stereocenters. The molecule has 0 atom stereocenters. The van der Waals surface area contributed by atoms with Crippen molar-refractivity contribution in [3.8, 4) is 0 Å². The molecule has 5 heteroatoms. The molecule has 0 bridgehead atoms. The van der Waals surface area contributed by atoms with Gasteiger partial charge in [0, 0.05) is 10.8 Å². The van der Waals surface area contributed by atoms with Gasteiger partial charge in [-0.25, -0.2) is 0 Å². The Hall–Kier alpha value is -0.220. The molecule has 2 aromatic carbocycles. The topological polar surface area (TPSA) is 13.1 Å². The Balaban J connectivity index is 2.67. The minimum atomic E-state index is 0.484. The number of halogens is 4. The van der Waals surface area contributed by atoms with Crippen LogP contribution in [0.2, 0.25) is 10.0 Å². The highest BCUT2D eigenvalue weighted by atomic mass is 79.9. The quantitative estimate of drug-likeness (QED) is 0.317. The van der Waals surface area contributed by atoms with E-state index < -0.39 is 0 Å². The van der Waals surface area contributed by atoms with Gasteiger partial charge in [-0.15, -0.1) is 0 Å². The van der Waals surface area contributed by atoms with E-state index in [4.69, 9.17) is 27.6 Å². The summed E-state index contributed by atoms with van der Waals surface area (Å²) < 4.78 is 7.26. The maximum absolute atomic E-state index is 6.28. The van der Waals surface area contributed by atoms with Crippen molar-refractivity contribution < 1.29 is 4.42 Å². The van der Waals surface area contributed by atoms with Crippen LogP contribution in [0, 0.1) is 0 Å². The van der Waals surface area contributed by atoms with Gasteiger partial charge in [-0.3, -0.25) is 0 Å². The van der Waals surface area contributed by atoms with Gasteiger partial charge in [0.15, 0.2) is 5.58 Å². The van der Waals surface area contributed by atoms with Crippen LogP contribution in [0.25, 0.3) is 21.9 Å². The molecule has 0 radical (unpaired) electrons. The third-order valence-corrected chi connectivity index (χ3v) is 5.76. The summed E-state index contributed by atoms with van der Waals surface area (Å²) in [6.45, 7) is 0. The van der Waals surface area contributed by atoms with E-state index in [0.717, 1.165) is 20.8 Å². The van der Waals surface area contributed by atoms with Crippen LogP contribution in [-0.2, 0) is 0 Å². The summed E-state index contributed by atoms with van der Waals surface area (Å²) in [5, 5.41) is 2.78. The number of hydrogen-bond donors (Lipinski definition) is 0. The summed E-state index contributed by atoms with van der Waals surface area (Å²) in [5.41, 5.74) is 1.49. The fraction of sp³-hybridized carbons (Fsp3) is 0. The van der Waals surface area contributed by atoms with Gasteiger partial charge in [-0.1, -0.05) is 41.4 Å². The molecule has 1 nitrogen and oxygen atoms in total. The van der Waals surface area contributed by atoms with E-state index in [0.29, 0.717) is 20.1 Å². The van der Waals surface area contributed by atoms with Gasteiger partial charge in [-0.2, -0.15) is 0 Å². The molecule has 1 heterocycles. The fourth-order valence-electron chi connectivity index (χ4n) is 1.82. The molecule has 0 saturated carbocycles. The molecule has 0 aliphatic heterocycles. The highest BCUT2D eigenvalue weighted by Gasteiger charge is 2.19. The second-order valence-corrected chi connectivity index (χ2v) is 5.90. The molecule has 0 saturated heterocycles. The van der Waals surface area contributed by atoms with Crippen molar-refractivity contribution in [2.24, 2.45) is 0 Å². The number of benzene rings is 2. The standard InChI is InChI=1S/C12H4Br2Cl2O/c13-8-9(14)12-7(10(15)11(8)16)5-3-1-2-4-6(5)17-12/h1-4H. The molecular formula is C12H4Br2Cl2O. The predicted molar refractivity (Wildman–Crippen MR) is 79.1 cm³/mol. The van der Waals surface area contributed by atoms with Crippen molar-refractivity contribution in [1.29, 1.82) is 0 Å². The van der Waals surface area contributed by atoms with Crippen molar-refractivity contribution in [1.82, 2.24) is 0 Å². The molecule has 0 spiro atoms. The average molecular weight is 395 g/mol. The van der Waals surface area contributed by atoms with Crippen LogP contribution in [0.1, 0.15) is 0 Å². The minimum Gasteiger partial charge on any atom is -0.455 e. The number of rotatable bonds is 0. The van der Waals surface area contributed by atoms with E-state index in [-0.39, 0.29) is 0 Å². The molecule has 1 aromatic heterocycles. The van der Waals surface area contributed by atoms with Crippen LogP contribution < -0.4 is 0 Å². The lowest BCUT2D eigenvalue weighted by atomic mass is 10.1. The Bertz CT molecular complexity index is 749. The van der Waals surface area contributed by atoms with Crippen LogP contribution in [0.4, 0.5) is 0 Å². The highest BCUT2D eigenvalue weighted by Crippen LogP contribution is 2.46. The summed E-state index contributed by atoms with van der Waals surface area (Å²) in [7, 11) is 0. The maximum Gasteiger partial charge on any atom is 0.152 e. The molecule has 0 N–H and O–H groups in total. The zero-order valence-corrected chi connectivity index (χ0v) is 12.9. The Morgan fingerprint density at radius 3 is 2.41 bits per heavy atom. The Morgan fingerprint density at radius 1 is 0.941 bits per heavy atom. The predicted octanol–water partition coefficient (Wildman–Crippen LogP) is 6.42. The van der Waals surface area contributed by atoms with E-state index in [9.17, 15) is 0 Å². The van der Waals surface area contributed by atoms with Crippen molar-refractivity contribution in [2.45, 2.75) is 0 Å². The van der Waals surface area contributed by atoms with Crippen LogP contribution in [0.15, 0.2) is 37.6 Å². The molecule has 0 aliphatic rings. The fourth-order valence-corrected chi connectivity index (χ4v) is 3.38. The van der Waals surface area contributed by atoms with Gasteiger partial charge < -0.3 is 4.42 Å². The van der Waals surface area contributed by atoms with E-state index in [2.05, 4.69) is 31.9 Å². The van der Waals surface area contributed by atoms with Crippen molar-refractivity contribution in [3.05, 3.63) is 43.3 Å². The summed E-state index contributed by atoms with van der Waals surface area (Å²) in [4.78, 5) is 0. The number of furan rings is 1. The number of para-hydroxylation sites is 1. The van der Waals surface area contributed by atoms with E-state index in [1.54, 1.807) is 0 Å². The van der Waals surface area contributed by atoms with Crippen molar-refractivity contribution in [2.75, 3.05) is 0 Å². The molecule has 3 rings (SSSR count). The monoisotopic (exact) mass is 392 g/mol. The molecule has 0 aliphatic carbocycles. The second-order valence-electron chi connectivity index (χ2n) is 3.56. The Labute approximate surface area is 124 Å². The normalized spacial score (nSPS) is 11.5. The Kier molecular flexibility index (Phi) is 2.90. The van der Waals surface area contributed by atoms with Crippen LogP contribution in [0.3, 0.4) is 0 Å². The van der Waals surface area contributed by atoms with Crippen molar-refractivity contribution in [3.63, 3.8) is 0 Å². The average Bonchev–Trinajstić information content (AvgIpc) is 2.73. The lowest BCUT2D eigenvalue weighted by Gasteiger charge is -2.03. The lowest BCUT2D eigenvalue weighted by Crippen LogP contribution is -1.78. The largest absolute Gasteiger partial charge is 0.455 e. The van der Waals surface area contributed by atoms with Gasteiger partial charge in [0.2, 0.25) is 0 Å². The highest BCUT2D eigenvalue weighted by molar-refractivity contribution is 9.13. The molecule has 0 amide bonds. The third kappa shape index (κ3) is 1.64. The molecular weight excluding hydrogens is 391 g/mol. The van der Waals surface area contributed by atoms with Crippen LogP contribution in [-0.4, -0.2) is 0 Å². The van der Waals surface area contributed by atoms with E-state index >= 15 is 0 Å². The van der Waals surface area contributed by atoms with Gasteiger partial charge in [0.05, 0.1) is 19.0 Å². The zero-order valence-electron chi connectivity index (χ0n) is 8.23. The SMILES string of the molecule is Clc1c(Br)c(Br)c2oc3ccccc3c2c1Cl. The summed E-state index contributed by atoms with van der Waals surface area (Å²) in [5.74, 6) is 0. The van der Waals surface area contributed by atoms with Gasteiger partial charge >= 0.3 is 0 Å². The number of hydrogen-bond acceptors (Lipinski definition) is 1. The molecule has 86 valence electrons. The van der Waals surface area contributed by atoms with Crippen LogP contribution >= 0.6 is 55.1 Å². The first-order chi connectivity index (χ1) is 8.11. The van der Waals surface area contributed by atoms with Crippen molar-refractivity contribution >= 4 is 77.0 Å². The Morgan fingerprint density at radius 2 is 1.65 bits per heavy atom. The first-order valence-electron chi connectivity index (χ1n) is 4.74. The second kappa shape index (κ2) is 4.16. The van der Waals surface area contributed by atoms with E-state index in [1.165, 1.54) is 0 Å². The maximum atomic E-state index is 6.28. The lowest BCUT2D eigenvalue weighted by molar-refractivity contribution is 0.666. The third-order valence-electron chi connectivity index (χ3n) is 2.59. The smallest absolute Gasteiger partial charge is 0.152 e. The number of fused-ring (bicyclic) bond motifs is 3. The van der Waals surface area contributed by atoms with E-state index in [1.807, 2.05) is 24.3 Å². The summed E-state index contributed by atoms with van der Waals surface area (Å²) >= 11 is 19.3. The first kappa shape index (κ1) is 11.8. The molecule has 17 heavy (non-hydrogen) atoms.